The second-order valence-corrected chi connectivity index (χ2v) is 5.43. The second kappa shape index (κ2) is 11.1. The van der Waals surface area contributed by atoms with Gasteiger partial charge in [0.25, 0.3) is 0 Å². The van der Waals surface area contributed by atoms with E-state index in [9.17, 15) is 0 Å². The molecular weight excluding hydrogens is 234 g/mol. The van der Waals surface area contributed by atoms with Gasteiger partial charge in [-0.1, -0.05) is 58.8 Å². The number of unbranched alkanes of at least 4 members (excludes halogenated alkanes) is 6. The summed E-state index contributed by atoms with van der Waals surface area (Å²) in [5, 5.41) is 3.59. The minimum atomic E-state index is 0.408. The lowest BCUT2D eigenvalue weighted by molar-refractivity contribution is 0.383. The highest BCUT2D eigenvalue weighted by Crippen LogP contribution is 2.21. The molecule has 1 N–H and O–H groups in total. The first-order chi connectivity index (χ1) is 9.38. The SMILES string of the molecule is CCCCCCCCCC(NCCC)c1ccco1. The smallest absolute Gasteiger partial charge is 0.120 e. The van der Waals surface area contributed by atoms with E-state index in [4.69, 9.17) is 4.42 Å². The molecule has 0 spiro atoms. The largest absolute Gasteiger partial charge is 0.468 e. The summed E-state index contributed by atoms with van der Waals surface area (Å²) >= 11 is 0. The molecule has 0 aliphatic heterocycles. The van der Waals surface area contributed by atoms with E-state index in [1.54, 1.807) is 6.26 Å². The van der Waals surface area contributed by atoms with Crippen LogP contribution in [0.2, 0.25) is 0 Å². The summed E-state index contributed by atoms with van der Waals surface area (Å²) in [6.45, 7) is 5.55. The highest BCUT2D eigenvalue weighted by molar-refractivity contribution is 5.04. The molecule has 1 unspecified atom stereocenters. The Labute approximate surface area is 119 Å². The standard InChI is InChI=1S/C17H31NO/c1-3-5-6-7-8-9-10-12-16(18-14-4-2)17-13-11-15-19-17/h11,13,15-16,18H,3-10,12,14H2,1-2H3. The fourth-order valence-corrected chi connectivity index (χ4v) is 2.46. The van der Waals surface area contributed by atoms with Gasteiger partial charge < -0.3 is 9.73 Å². The first kappa shape index (κ1) is 16.3. The van der Waals surface area contributed by atoms with Crippen LogP contribution in [0.3, 0.4) is 0 Å². The minimum Gasteiger partial charge on any atom is -0.468 e. The van der Waals surface area contributed by atoms with Crippen molar-refractivity contribution in [3.8, 4) is 0 Å². The highest BCUT2D eigenvalue weighted by Gasteiger charge is 2.12. The molecular formula is C17H31NO. The molecule has 110 valence electrons. The van der Waals surface area contributed by atoms with Gasteiger partial charge in [-0.15, -0.1) is 0 Å². The third kappa shape index (κ3) is 7.41. The first-order valence-electron chi connectivity index (χ1n) is 8.15. The maximum Gasteiger partial charge on any atom is 0.120 e. The molecule has 0 bridgehead atoms. The van der Waals surface area contributed by atoms with E-state index in [0.29, 0.717) is 6.04 Å². The number of nitrogens with one attached hydrogen (secondary N) is 1. The van der Waals surface area contributed by atoms with Crippen molar-refractivity contribution < 1.29 is 4.42 Å². The molecule has 0 saturated carbocycles. The summed E-state index contributed by atoms with van der Waals surface area (Å²) in [7, 11) is 0. The number of rotatable bonds is 12. The maximum atomic E-state index is 5.54. The zero-order chi connectivity index (χ0) is 13.8. The highest BCUT2D eigenvalue weighted by atomic mass is 16.3. The van der Waals surface area contributed by atoms with Crippen LogP contribution in [-0.2, 0) is 0 Å². The Morgan fingerprint density at radius 3 is 2.37 bits per heavy atom. The van der Waals surface area contributed by atoms with E-state index in [1.807, 2.05) is 6.07 Å². The van der Waals surface area contributed by atoms with Crippen LogP contribution in [0.25, 0.3) is 0 Å². The lowest BCUT2D eigenvalue weighted by Gasteiger charge is -2.16. The van der Waals surface area contributed by atoms with Gasteiger partial charge in [-0.3, -0.25) is 0 Å². The predicted octanol–water partition coefficient (Wildman–Crippen LogP) is 5.46. The van der Waals surface area contributed by atoms with Crippen LogP contribution < -0.4 is 5.32 Å². The Balaban J connectivity index is 2.15. The number of hydrogen-bond donors (Lipinski definition) is 1. The molecule has 0 aliphatic carbocycles. The fraction of sp³-hybridized carbons (Fsp3) is 0.765. The molecule has 0 amide bonds. The van der Waals surface area contributed by atoms with Gasteiger partial charge in [0.05, 0.1) is 12.3 Å². The first-order valence-corrected chi connectivity index (χ1v) is 8.15. The van der Waals surface area contributed by atoms with Crippen molar-refractivity contribution in [3.63, 3.8) is 0 Å². The molecule has 2 heteroatoms. The lowest BCUT2D eigenvalue weighted by Crippen LogP contribution is -2.21. The third-order valence-electron chi connectivity index (χ3n) is 3.62. The Kier molecular flexibility index (Phi) is 9.52. The molecule has 1 heterocycles. The van der Waals surface area contributed by atoms with Crippen LogP contribution in [0, 0.1) is 0 Å². The van der Waals surface area contributed by atoms with Crippen LogP contribution >= 0.6 is 0 Å². The average Bonchev–Trinajstić information content (AvgIpc) is 2.95. The summed E-state index contributed by atoms with van der Waals surface area (Å²) < 4.78 is 5.54. The van der Waals surface area contributed by atoms with E-state index in [1.165, 1.54) is 57.8 Å². The van der Waals surface area contributed by atoms with E-state index >= 15 is 0 Å². The fourth-order valence-electron chi connectivity index (χ4n) is 2.46. The molecule has 1 aromatic heterocycles. The van der Waals surface area contributed by atoms with Crippen molar-refractivity contribution in [2.24, 2.45) is 0 Å². The summed E-state index contributed by atoms with van der Waals surface area (Å²) in [6.07, 6.45) is 13.7. The summed E-state index contributed by atoms with van der Waals surface area (Å²) in [6, 6.07) is 4.49. The monoisotopic (exact) mass is 265 g/mol. The van der Waals surface area contributed by atoms with Gasteiger partial charge >= 0.3 is 0 Å². The maximum absolute atomic E-state index is 5.54. The predicted molar refractivity (Wildman–Crippen MR) is 82.4 cm³/mol. The van der Waals surface area contributed by atoms with Crippen molar-refractivity contribution in [1.29, 1.82) is 0 Å². The molecule has 19 heavy (non-hydrogen) atoms. The number of hydrogen-bond acceptors (Lipinski definition) is 2. The molecule has 1 aromatic rings. The van der Waals surface area contributed by atoms with Crippen molar-refractivity contribution in [2.45, 2.75) is 77.7 Å². The van der Waals surface area contributed by atoms with E-state index < -0.39 is 0 Å². The van der Waals surface area contributed by atoms with Gasteiger partial charge in [0.2, 0.25) is 0 Å². The lowest BCUT2D eigenvalue weighted by atomic mass is 10.0. The summed E-state index contributed by atoms with van der Waals surface area (Å²) in [5.74, 6) is 1.10. The molecule has 1 atom stereocenters. The Hall–Kier alpha value is -0.760. The molecule has 0 saturated heterocycles. The normalized spacial score (nSPS) is 12.7. The van der Waals surface area contributed by atoms with Gasteiger partial charge in [-0.05, 0) is 31.5 Å². The molecule has 0 radical (unpaired) electrons. The van der Waals surface area contributed by atoms with Gasteiger partial charge in [-0.25, -0.2) is 0 Å². The van der Waals surface area contributed by atoms with Crippen LogP contribution in [0.4, 0.5) is 0 Å². The Bertz CT molecular complexity index is 281. The van der Waals surface area contributed by atoms with Gasteiger partial charge in [-0.2, -0.15) is 0 Å². The Morgan fingerprint density at radius 2 is 1.74 bits per heavy atom. The molecule has 0 aliphatic rings. The average molecular weight is 265 g/mol. The molecule has 0 aromatic carbocycles. The summed E-state index contributed by atoms with van der Waals surface area (Å²) in [4.78, 5) is 0. The molecule has 1 rings (SSSR count). The van der Waals surface area contributed by atoms with Crippen molar-refractivity contribution >= 4 is 0 Å². The van der Waals surface area contributed by atoms with E-state index in [2.05, 4.69) is 25.2 Å². The van der Waals surface area contributed by atoms with Gasteiger partial charge in [0.1, 0.15) is 5.76 Å². The van der Waals surface area contributed by atoms with Gasteiger partial charge in [0.15, 0.2) is 0 Å². The van der Waals surface area contributed by atoms with Crippen LogP contribution in [0.5, 0.6) is 0 Å². The minimum absolute atomic E-state index is 0.408. The van der Waals surface area contributed by atoms with Crippen molar-refractivity contribution in [1.82, 2.24) is 5.32 Å². The van der Waals surface area contributed by atoms with Crippen molar-refractivity contribution in [3.05, 3.63) is 24.2 Å². The van der Waals surface area contributed by atoms with Gasteiger partial charge in [0, 0.05) is 0 Å². The quantitative estimate of drug-likeness (QED) is 0.508. The second-order valence-electron chi connectivity index (χ2n) is 5.43. The molecule has 0 fully saturated rings. The van der Waals surface area contributed by atoms with Crippen LogP contribution in [0.1, 0.15) is 83.4 Å². The Morgan fingerprint density at radius 1 is 1.00 bits per heavy atom. The van der Waals surface area contributed by atoms with E-state index in [-0.39, 0.29) is 0 Å². The van der Waals surface area contributed by atoms with Crippen LogP contribution in [0.15, 0.2) is 22.8 Å². The third-order valence-corrected chi connectivity index (χ3v) is 3.62. The van der Waals surface area contributed by atoms with Crippen molar-refractivity contribution in [2.75, 3.05) is 6.54 Å². The van der Waals surface area contributed by atoms with Crippen LogP contribution in [-0.4, -0.2) is 6.54 Å². The molecule has 2 nitrogen and oxygen atoms in total. The van der Waals surface area contributed by atoms with E-state index in [0.717, 1.165) is 12.3 Å². The summed E-state index contributed by atoms with van der Waals surface area (Å²) in [5.41, 5.74) is 0. The zero-order valence-corrected chi connectivity index (χ0v) is 12.8. The topological polar surface area (TPSA) is 25.2 Å². The zero-order valence-electron chi connectivity index (χ0n) is 12.8. The number of furan rings is 1.